The van der Waals surface area contributed by atoms with Crippen LogP contribution in [-0.2, 0) is 17.9 Å². The van der Waals surface area contributed by atoms with E-state index in [1.54, 1.807) is 7.05 Å². The first kappa shape index (κ1) is 21.7. The van der Waals surface area contributed by atoms with Gasteiger partial charge in [0.2, 0.25) is 5.91 Å². The molecule has 2 N–H and O–H groups in total. The van der Waals surface area contributed by atoms with Crippen molar-refractivity contribution >= 4 is 11.9 Å². The highest BCUT2D eigenvalue weighted by atomic mass is 16.5. The molecule has 1 fully saturated rings. The third-order valence-corrected chi connectivity index (χ3v) is 5.17. The van der Waals surface area contributed by atoms with Crippen molar-refractivity contribution in [1.29, 1.82) is 0 Å². The number of nitrogens with one attached hydrogen (secondary N) is 2. The maximum absolute atomic E-state index is 12.6. The Morgan fingerprint density at radius 3 is 2.53 bits per heavy atom. The number of amides is 1. The molecule has 2 aromatic carbocycles. The van der Waals surface area contributed by atoms with Gasteiger partial charge in [-0.2, -0.15) is 0 Å². The molecule has 0 bridgehead atoms. The quantitative estimate of drug-likeness (QED) is 0.468. The molecular weight excluding hydrogens is 376 g/mol. The summed E-state index contributed by atoms with van der Waals surface area (Å²) in [6, 6.07) is 18.1. The lowest BCUT2D eigenvalue weighted by Gasteiger charge is -2.22. The molecule has 0 heterocycles. The number of rotatable bonds is 10. The van der Waals surface area contributed by atoms with Gasteiger partial charge in [-0.05, 0) is 37.3 Å². The van der Waals surface area contributed by atoms with Crippen molar-refractivity contribution in [3.8, 4) is 5.75 Å². The van der Waals surface area contributed by atoms with Gasteiger partial charge in [-0.15, -0.1) is 0 Å². The molecule has 0 saturated heterocycles. The Morgan fingerprint density at radius 1 is 1.10 bits per heavy atom. The summed E-state index contributed by atoms with van der Waals surface area (Å²) in [5.74, 6) is 2.25. The molecule has 0 spiro atoms. The SMILES string of the molecule is CCN(Cc1ccccc1)C(=O)CNC(=NC)NCc1ccccc1OCC1CC1. The second-order valence-corrected chi connectivity index (χ2v) is 7.53. The monoisotopic (exact) mass is 408 g/mol. The number of guanidine groups is 1. The molecule has 160 valence electrons. The normalized spacial score (nSPS) is 13.6. The zero-order chi connectivity index (χ0) is 21.2. The van der Waals surface area contributed by atoms with E-state index in [0.29, 0.717) is 31.5 Å². The molecule has 30 heavy (non-hydrogen) atoms. The first-order valence-corrected chi connectivity index (χ1v) is 10.7. The van der Waals surface area contributed by atoms with E-state index in [4.69, 9.17) is 4.74 Å². The first-order valence-electron chi connectivity index (χ1n) is 10.7. The van der Waals surface area contributed by atoms with Crippen LogP contribution in [0, 0.1) is 5.92 Å². The summed E-state index contributed by atoms with van der Waals surface area (Å²) in [5, 5.41) is 6.41. The first-order chi connectivity index (χ1) is 14.7. The number of likely N-dealkylation sites (N-methyl/N-ethyl adjacent to an activating group) is 1. The van der Waals surface area contributed by atoms with Crippen molar-refractivity contribution in [3.63, 3.8) is 0 Å². The third-order valence-electron chi connectivity index (χ3n) is 5.17. The summed E-state index contributed by atoms with van der Waals surface area (Å²) in [7, 11) is 1.71. The van der Waals surface area contributed by atoms with Gasteiger partial charge in [0.15, 0.2) is 5.96 Å². The van der Waals surface area contributed by atoms with Crippen LogP contribution in [0.1, 0.15) is 30.9 Å². The van der Waals surface area contributed by atoms with E-state index in [2.05, 4.69) is 15.6 Å². The number of aliphatic imine (C=N–C) groups is 1. The van der Waals surface area contributed by atoms with E-state index in [9.17, 15) is 4.79 Å². The van der Waals surface area contributed by atoms with Crippen molar-refractivity contribution in [2.24, 2.45) is 10.9 Å². The second kappa shape index (κ2) is 11.2. The molecule has 6 heteroatoms. The van der Waals surface area contributed by atoms with Gasteiger partial charge < -0.3 is 20.3 Å². The van der Waals surface area contributed by atoms with Gasteiger partial charge >= 0.3 is 0 Å². The Labute approximate surface area is 179 Å². The van der Waals surface area contributed by atoms with Crippen LogP contribution in [0.4, 0.5) is 0 Å². The van der Waals surface area contributed by atoms with E-state index in [1.165, 1.54) is 12.8 Å². The Balaban J connectivity index is 1.48. The zero-order valence-electron chi connectivity index (χ0n) is 17.9. The van der Waals surface area contributed by atoms with Gasteiger partial charge in [0.05, 0.1) is 13.2 Å². The van der Waals surface area contributed by atoms with E-state index in [-0.39, 0.29) is 12.5 Å². The summed E-state index contributed by atoms with van der Waals surface area (Å²) in [6.07, 6.45) is 2.54. The van der Waals surface area contributed by atoms with Crippen molar-refractivity contribution in [1.82, 2.24) is 15.5 Å². The molecule has 1 amide bonds. The number of hydrogen-bond donors (Lipinski definition) is 2. The van der Waals surface area contributed by atoms with Crippen molar-refractivity contribution in [2.75, 3.05) is 26.7 Å². The van der Waals surface area contributed by atoms with Crippen LogP contribution in [0.15, 0.2) is 59.6 Å². The van der Waals surface area contributed by atoms with Crippen LogP contribution < -0.4 is 15.4 Å². The minimum atomic E-state index is 0.0393. The topological polar surface area (TPSA) is 66.0 Å². The lowest BCUT2D eigenvalue weighted by Crippen LogP contribution is -2.44. The number of benzene rings is 2. The van der Waals surface area contributed by atoms with Crippen molar-refractivity contribution in [2.45, 2.75) is 32.9 Å². The molecule has 1 saturated carbocycles. The van der Waals surface area contributed by atoms with Gasteiger partial charge in [-0.1, -0.05) is 48.5 Å². The molecule has 3 rings (SSSR count). The molecule has 1 aliphatic rings. The van der Waals surface area contributed by atoms with Crippen molar-refractivity contribution in [3.05, 3.63) is 65.7 Å². The van der Waals surface area contributed by atoms with E-state index >= 15 is 0 Å². The van der Waals surface area contributed by atoms with Crippen LogP contribution >= 0.6 is 0 Å². The summed E-state index contributed by atoms with van der Waals surface area (Å²) >= 11 is 0. The fraction of sp³-hybridized carbons (Fsp3) is 0.417. The minimum Gasteiger partial charge on any atom is -0.493 e. The maximum atomic E-state index is 12.6. The number of nitrogens with zero attached hydrogens (tertiary/aromatic N) is 2. The predicted octanol–water partition coefficient (Wildman–Crippen LogP) is 3.19. The highest BCUT2D eigenvalue weighted by molar-refractivity contribution is 5.86. The highest BCUT2D eigenvalue weighted by Crippen LogP contribution is 2.30. The molecule has 0 aliphatic heterocycles. The number of para-hydroxylation sites is 1. The summed E-state index contributed by atoms with van der Waals surface area (Å²) in [5.41, 5.74) is 2.20. The van der Waals surface area contributed by atoms with Gasteiger partial charge in [0.1, 0.15) is 5.75 Å². The predicted molar refractivity (Wildman–Crippen MR) is 120 cm³/mol. The average Bonchev–Trinajstić information content (AvgIpc) is 3.62. The Hall–Kier alpha value is -3.02. The Bertz CT molecular complexity index is 834. The van der Waals surface area contributed by atoms with E-state index in [0.717, 1.165) is 23.5 Å². The number of carbonyl (C=O) groups excluding carboxylic acids is 1. The van der Waals surface area contributed by atoms with Gasteiger partial charge in [-0.3, -0.25) is 9.79 Å². The smallest absolute Gasteiger partial charge is 0.242 e. The van der Waals surface area contributed by atoms with Crippen LogP contribution in [0.2, 0.25) is 0 Å². The van der Waals surface area contributed by atoms with Gasteiger partial charge in [0, 0.05) is 32.2 Å². The van der Waals surface area contributed by atoms with Crippen LogP contribution in [0.5, 0.6) is 5.75 Å². The number of hydrogen-bond acceptors (Lipinski definition) is 3. The van der Waals surface area contributed by atoms with Crippen LogP contribution in [0.3, 0.4) is 0 Å². The summed E-state index contributed by atoms with van der Waals surface area (Å²) < 4.78 is 5.97. The van der Waals surface area contributed by atoms with Crippen LogP contribution in [0.25, 0.3) is 0 Å². The van der Waals surface area contributed by atoms with Gasteiger partial charge in [0.25, 0.3) is 0 Å². The fourth-order valence-electron chi connectivity index (χ4n) is 3.13. The zero-order valence-corrected chi connectivity index (χ0v) is 17.9. The molecule has 0 atom stereocenters. The molecule has 0 aromatic heterocycles. The third kappa shape index (κ3) is 6.79. The standard InChI is InChI=1S/C24H32N4O2/c1-3-28(17-19-9-5-4-6-10-19)23(29)16-27-24(25-2)26-15-21-11-7-8-12-22(21)30-18-20-13-14-20/h4-12,20H,3,13-18H2,1-2H3,(H2,25,26,27). The molecule has 0 radical (unpaired) electrons. The number of carbonyl (C=O) groups is 1. The van der Waals surface area contributed by atoms with Gasteiger partial charge in [-0.25, -0.2) is 0 Å². The van der Waals surface area contributed by atoms with E-state index < -0.39 is 0 Å². The molecule has 1 aliphatic carbocycles. The lowest BCUT2D eigenvalue weighted by molar-refractivity contribution is -0.130. The number of ether oxygens (including phenoxy) is 1. The average molecular weight is 409 g/mol. The lowest BCUT2D eigenvalue weighted by atomic mass is 10.2. The highest BCUT2D eigenvalue weighted by Gasteiger charge is 2.22. The van der Waals surface area contributed by atoms with Crippen molar-refractivity contribution < 1.29 is 9.53 Å². The summed E-state index contributed by atoms with van der Waals surface area (Å²) in [6.45, 7) is 4.82. The Morgan fingerprint density at radius 2 is 1.83 bits per heavy atom. The minimum absolute atomic E-state index is 0.0393. The second-order valence-electron chi connectivity index (χ2n) is 7.53. The molecule has 0 unspecified atom stereocenters. The fourth-order valence-corrected chi connectivity index (χ4v) is 3.13. The molecule has 6 nitrogen and oxygen atoms in total. The molecular formula is C24H32N4O2. The largest absolute Gasteiger partial charge is 0.493 e. The molecule has 2 aromatic rings. The summed E-state index contributed by atoms with van der Waals surface area (Å²) in [4.78, 5) is 18.7. The van der Waals surface area contributed by atoms with E-state index in [1.807, 2.05) is 66.4 Å². The van der Waals surface area contributed by atoms with Crippen LogP contribution in [-0.4, -0.2) is 43.5 Å². The Kier molecular flexibility index (Phi) is 8.12. The maximum Gasteiger partial charge on any atom is 0.242 e.